The number of terminal acetylenes is 1. The summed E-state index contributed by atoms with van der Waals surface area (Å²) in [7, 11) is 1.82. The van der Waals surface area contributed by atoms with E-state index >= 15 is 0 Å². The van der Waals surface area contributed by atoms with Gasteiger partial charge in [-0.1, -0.05) is 37.5 Å². The molecule has 2 aliphatic heterocycles. The maximum Gasteiger partial charge on any atom is 0.318 e. The van der Waals surface area contributed by atoms with Gasteiger partial charge in [0.25, 0.3) is 0 Å². The number of fused-ring (bicyclic) bond motifs is 2. The molecule has 12 heteroatoms. The third-order valence-corrected chi connectivity index (χ3v) is 11.3. The van der Waals surface area contributed by atoms with Gasteiger partial charge in [-0.2, -0.15) is 9.97 Å². The van der Waals surface area contributed by atoms with E-state index in [1.165, 1.54) is 12.1 Å². The van der Waals surface area contributed by atoms with Crippen molar-refractivity contribution >= 4 is 28.2 Å². The Balaban J connectivity index is 1.22. The van der Waals surface area contributed by atoms with Gasteiger partial charge < -0.3 is 25.0 Å². The highest BCUT2D eigenvalue weighted by atomic mass is 19.1. The van der Waals surface area contributed by atoms with Gasteiger partial charge in [-0.15, -0.1) is 6.42 Å². The zero-order valence-electron chi connectivity index (χ0n) is 30.2. The fraction of sp³-hybridized carbons (Fsp3) is 0.415. The number of nitrogens with zero attached hydrogens (tertiary/aromatic N) is 6. The third kappa shape index (κ3) is 7.10. The number of hydrogen-bond donors (Lipinski definition) is 2. The van der Waals surface area contributed by atoms with Crippen molar-refractivity contribution in [3.05, 3.63) is 89.6 Å². The van der Waals surface area contributed by atoms with Crippen LogP contribution in [0.4, 0.5) is 20.3 Å². The van der Waals surface area contributed by atoms with E-state index in [4.69, 9.17) is 21.1 Å². The van der Waals surface area contributed by atoms with Crippen LogP contribution in [0.1, 0.15) is 61.4 Å². The van der Waals surface area contributed by atoms with Crippen LogP contribution in [0, 0.1) is 18.2 Å². The second-order valence-corrected chi connectivity index (χ2v) is 14.8. The molecular formula is C41H45F2N7O3. The third-order valence-electron chi connectivity index (χ3n) is 11.3. The van der Waals surface area contributed by atoms with Crippen LogP contribution in [-0.2, 0) is 24.3 Å². The molecule has 1 saturated carbocycles. The lowest BCUT2D eigenvalue weighted by molar-refractivity contribution is -0.129. The Labute approximate surface area is 308 Å². The molecule has 10 nitrogen and oxygen atoms in total. The average molecular weight is 722 g/mol. The summed E-state index contributed by atoms with van der Waals surface area (Å²) < 4.78 is 36.4. The van der Waals surface area contributed by atoms with Crippen LogP contribution < -0.4 is 15.0 Å². The predicted octanol–water partition coefficient (Wildman–Crippen LogP) is 6.16. The number of phenols is 1. The summed E-state index contributed by atoms with van der Waals surface area (Å²) in [5, 5.41) is 15.4. The highest BCUT2D eigenvalue weighted by Crippen LogP contribution is 2.40. The number of benzene rings is 2. The summed E-state index contributed by atoms with van der Waals surface area (Å²) in [5.74, 6) is 2.51. The van der Waals surface area contributed by atoms with E-state index in [1.807, 2.05) is 31.0 Å². The molecule has 3 aliphatic rings. The first kappa shape index (κ1) is 36.1. The summed E-state index contributed by atoms with van der Waals surface area (Å²) in [4.78, 5) is 32.7. The monoisotopic (exact) mass is 721 g/mol. The van der Waals surface area contributed by atoms with E-state index in [9.17, 15) is 18.7 Å². The first-order valence-electron chi connectivity index (χ1n) is 18.1. The molecule has 53 heavy (non-hydrogen) atoms. The van der Waals surface area contributed by atoms with Gasteiger partial charge >= 0.3 is 6.01 Å². The van der Waals surface area contributed by atoms with E-state index in [0.717, 1.165) is 36.8 Å². The number of aromatic hydroxyl groups is 1. The molecule has 2 aromatic carbocycles. The van der Waals surface area contributed by atoms with Crippen LogP contribution in [0.15, 0.2) is 61.4 Å². The number of carbonyl (C=O) groups is 1. The highest BCUT2D eigenvalue weighted by Gasteiger charge is 2.44. The minimum absolute atomic E-state index is 0.0359. The molecule has 4 aromatic rings. The number of carbonyl (C=O) groups excluding carboxylic acids is 1. The lowest BCUT2D eigenvalue weighted by Crippen LogP contribution is -2.51. The van der Waals surface area contributed by atoms with Crippen molar-refractivity contribution in [3.8, 4) is 24.1 Å². The molecule has 4 heterocycles. The molecule has 0 bridgehead atoms. The standard InChI is InChI=1S/C41H45F2N7O3/c1-5-31-33(43)12-11-28-18-30(51)19-35(37(28)31)49-17-13-32-34(24-49)46-39(47-38(32)45-25-41(14-7-8-15-41)48(4)36(52)6-2)53-26-40(3)20-29(42)23-50(40)22-27-10-9-16-44-21-27/h1,6,9-12,16,18-19,21,29,51H,2,7-8,13-15,17,20,22-26H2,3-4H3,(H,45,46,47)/t29-,40+/m1/s1. The van der Waals surface area contributed by atoms with Gasteiger partial charge in [0.2, 0.25) is 5.91 Å². The van der Waals surface area contributed by atoms with Gasteiger partial charge in [-0.3, -0.25) is 14.7 Å². The van der Waals surface area contributed by atoms with Crippen LogP contribution in [0.2, 0.25) is 0 Å². The predicted molar refractivity (Wildman–Crippen MR) is 201 cm³/mol. The highest BCUT2D eigenvalue weighted by molar-refractivity contribution is 6.00. The smallest absolute Gasteiger partial charge is 0.318 e. The Hall–Kier alpha value is -5.28. The Kier molecular flexibility index (Phi) is 9.96. The minimum Gasteiger partial charge on any atom is -0.508 e. The van der Waals surface area contributed by atoms with Crippen molar-refractivity contribution in [1.82, 2.24) is 24.8 Å². The molecule has 2 aromatic heterocycles. The van der Waals surface area contributed by atoms with Gasteiger partial charge in [0.05, 0.1) is 28.9 Å². The number of aromatic nitrogens is 3. The molecule has 0 unspecified atom stereocenters. The van der Waals surface area contributed by atoms with Crippen molar-refractivity contribution in [3.63, 3.8) is 0 Å². The van der Waals surface area contributed by atoms with Crippen LogP contribution in [0.25, 0.3) is 10.8 Å². The molecule has 276 valence electrons. The van der Waals surface area contributed by atoms with E-state index in [1.54, 1.807) is 35.5 Å². The molecule has 1 aliphatic carbocycles. The number of nitrogens with one attached hydrogen (secondary N) is 1. The van der Waals surface area contributed by atoms with Crippen molar-refractivity contribution in [2.75, 3.05) is 43.5 Å². The van der Waals surface area contributed by atoms with E-state index in [2.05, 4.69) is 27.7 Å². The normalized spacial score (nSPS) is 20.9. The number of likely N-dealkylation sites (N-methyl/N-ethyl adjacent to an activating group) is 1. The Morgan fingerprint density at radius 3 is 2.81 bits per heavy atom. The SMILES string of the molecule is C#Cc1c(F)ccc2cc(O)cc(N3CCc4c(nc(OC[C@]5(C)C[C@@H](F)CN5Cc5cccnc5)nc4NCC4(N(C)C(=O)C=C)CCCC4)C3)c12. The van der Waals surface area contributed by atoms with Crippen LogP contribution in [-0.4, -0.2) is 86.3 Å². The first-order chi connectivity index (χ1) is 25.5. The first-order valence-corrected chi connectivity index (χ1v) is 18.1. The quantitative estimate of drug-likeness (QED) is 0.139. The number of ether oxygens (including phenoxy) is 1. The average Bonchev–Trinajstić information content (AvgIpc) is 3.76. The lowest BCUT2D eigenvalue weighted by atomic mass is 9.94. The fourth-order valence-corrected chi connectivity index (χ4v) is 8.37. The maximum absolute atomic E-state index is 15.0. The zero-order chi connectivity index (χ0) is 37.3. The van der Waals surface area contributed by atoms with Crippen molar-refractivity contribution < 1.29 is 23.4 Å². The van der Waals surface area contributed by atoms with Gasteiger partial charge in [0.1, 0.15) is 30.2 Å². The van der Waals surface area contributed by atoms with Crippen molar-refractivity contribution in [2.24, 2.45) is 0 Å². The maximum atomic E-state index is 15.0. The molecule has 7 rings (SSSR count). The number of hydrogen-bond acceptors (Lipinski definition) is 9. The second kappa shape index (κ2) is 14.6. The Morgan fingerprint density at radius 2 is 2.08 bits per heavy atom. The summed E-state index contributed by atoms with van der Waals surface area (Å²) in [6.45, 7) is 7.94. The van der Waals surface area contributed by atoms with Gasteiger partial charge in [-0.05, 0) is 61.4 Å². The number of alkyl halides is 1. The van der Waals surface area contributed by atoms with E-state index in [-0.39, 0.29) is 36.4 Å². The minimum atomic E-state index is -1.01. The van der Waals surface area contributed by atoms with Crippen molar-refractivity contribution in [1.29, 1.82) is 0 Å². The van der Waals surface area contributed by atoms with Crippen LogP contribution in [0.5, 0.6) is 11.8 Å². The molecule has 1 saturated heterocycles. The number of rotatable bonds is 11. The summed E-state index contributed by atoms with van der Waals surface area (Å²) in [6.07, 6.45) is 14.2. The Morgan fingerprint density at radius 1 is 1.26 bits per heavy atom. The number of likely N-dealkylation sites (tertiary alicyclic amines) is 1. The molecule has 2 fully saturated rings. The van der Waals surface area contributed by atoms with Crippen LogP contribution >= 0.6 is 0 Å². The van der Waals surface area contributed by atoms with Crippen molar-refractivity contribution in [2.45, 2.75) is 75.8 Å². The van der Waals surface area contributed by atoms with Crippen LogP contribution in [0.3, 0.4) is 0 Å². The molecule has 0 radical (unpaired) electrons. The largest absolute Gasteiger partial charge is 0.508 e. The number of pyridine rings is 1. The second-order valence-electron chi connectivity index (χ2n) is 14.8. The molecular weight excluding hydrogens is 676 g/mol. The zero-order valence-corrected chi connectivity index (χ0v) is 30.2. The molecule has 1 amide bonds. The Bertz CT molecular complexity index is 2070. The fourth-order valence-electron chi connectivity index (χ4n) is 8.37. The van der Waals surface area contributed by atoms with E-state index in [0.29, 0.717) is 67.0 Å². The van der Waals surface area contributed by atoms with E-state index < -0.39 is 23.1 Å². The summed E-state index contributed by atoms with van der Waals surface area (Å²) >= 11 is 0. The lowest BCUT2D eigenvalue weighted by Gasteiger charge is -2.39. The number of phenolic OH excluding ortho intramolecular Hbond substituents is 1. The molecule has 2 atom stereocenters. The molecule has 0 spiro atoms. The number of anilines is 2. The number of amides is 1. The van der Waals surface area contributed by atoms with Gasteiger partial charge in [-0.25, -0.2) is 8.78 Å². The number of halogens is 2. The summed E-state index contributed by atoms with van der Waals surface area (Å²) in [6, 6.07) is 10.1. The summed E-state index contributed by atoms with van der Waals surface area (Å²) in [5.41, 5.74) is 2.26. The molecule has 2 N–H and O–H groups in total. The topological polar surface area (TPSA) is 107 Å². The van der Waals surface area contributed by atoms with Gasteiger partial charge in [0.15, 0.2) is 0 Å². The van der Waals surface area contributed by atoms with Gasteiger partial charge in [0, 0.05) is 74.7 Å².